The van der Waals surface area contributed by atoms with Gasteiger partial charge >= 0.3 is 0 Å². The van der Waals surface area contributed by atoms with Crippen LogP contribution in [0.3, 0.4) is 0 Å². The molecule has 1 saturated heterocycles. The highest BCUT2D eigenvalue weighted by Crippen LogP contribution is 2.44. The number of hydrogen-bond acceptors (Lipinski definition) is 4. The van der Waals surface area contributed by atoms with Gasteiger partial charge in [0.2, 0.25) is 10.0 Å². The monoisotopic (exact) mass is 378 g/mol. The number of benzene rings is 1. The molecule has 2 saturated carbocycles. The standard InChI is InChI=1S/C19H26N2O4S/c1-25-18-7-6-15(12-16(18)19(22)21-8-2-3-9-21)26(23,24)20-17-11-13-4-5-14(17)10-13/h6-7,12-14,17,20H,2-5,8-11H2,1H3. The molecule has 1 aromatic carbocycles. The van der Waals surface area contributed by atoms with Gasteiger partial charge in [-0.05, 0) is 62.1 Å². The summed E-state index contributed by atoms with van der Waals surface area (Å²) in [5.74, 6) is 1.38. The van der Waals surface area contributed by atoms with Crippen molar-refractivity contribution in [3.05, 3.63) is 23.8 Å². The van der Waals surface area contributed by atoms with Gasteiger partial charge in [0.15, 0.2) is 0 Å². The fourth-order valence-electron chi connectivity index (χ4n) is 4.77. The summed E-state index contributed by atoms with van der Waals surface area (Å²) in [5, 5.41) is 0. The predicted molar refractivity (Wildman–Crippen MR) is 97.7 cm³/mol. The summed E-state index contributed by atoms with van der Waals surface area (Å²) < 4.78 is 34.0. The van der Waals surface area contributed by atoms with E-state index in [2.05, 4.69) is 4.72 Å². The highest BCUT2D eigenvalue weighted by Gasteiger charge is 2.41. The molecule has 3 fully saturated rings. The Hall–Kier alpha value is -1.60. The lowest BCUT2D eigenvalue weighted by Crippen LogP contribution is -2.38. The van der Waals surface area contributed by atoms with Crippen molar-refractivity contribution in [2.75, 3.05) is 20.2 Å². The normalized spacial score (nSPS) is 27.9. The van der Waals surface area contributed by atoms with Crippen molar-refractivity contribution < 1.29 is 17.9 Å². The van der Waals surface area contributed by atoms with E-state index in [1.807, 2.05) is 0 Å². The van der Waals surface area contributed by atoms with Crippen LogP contribution < -0.4 is 9.46 Å². The number of amides is 1. The summed E-state index contributed by atoms with van der Waals surface area (Å²) in [4.78, 5) is 14.7. The van der Waals surface area contributed by atoms with E-state index in [1.54, 1.807) is 11.0 Å². The molecule has 2 bridgehead atoms. The van der Waals surface area contributed by atoms with E-state index in [-0.39, 0.29) is 16.8 Å². The number of carbonyl (C=O) groups excluding carboxylic acids is 1. The molecule has 0 aromatic heterocycles. The Balaban J connectivity index is 1.59. The van der Waals surface area contributed by atoms with Crippen LogP contribution in [0.25, 0.3) is 0 Å². The number of rotatable bonds is 5. The summed E-state index contributed by atoms with van der Waals surface area (Å²) in [5.41, 5.74) is 0.324. The number of fused-ring (bicyclic) bond motifs is 2. The van der Waals surface area contributed by atoms with Crippen molar-refractivity contribution in [2.24, 2.45) is 11.8 Å². The lowest BCUT2D eigenvalue weighted by molar-refractivity contribution is 0.0789. The Labute approximate surface area is 155 Å². The van der Waals surface area contributed by atoms with Crippen molar-refractivity contribution in [2.45, 2.75) is 49.5 Å². The number of hydrogen-bond donors (Lipinski definition) is 1. The molecule has 0 spiro atoms. The number of nitrogens with one attached hydrogen (secondary N) is 1. The molecular formula is C19H26N2O4S. The number of likely N-dealkylation sites (tertiary alicyclic amines) is 1. The third kappa shape index (κ3) is 3.22. The lowest BCUT2D eigenvalue weighted by Gasteiger charge is -2.23. The van der Waals surface area contributed by atoms with Crippen molar-refractivity contribution in [1.29, 1.82) is 0 Å². The fraction of sp³-hybridized carbons (Fsp3) is 0.632. The second kappa shape index (κ2) is 6.85. The van der Waals surface area contributed by atoms with E-state index in [1.165, 1.54) is 25.7 Å². The summed E-state index contributed by atoms with van der Waals surface area (Å²) in [6.45, 7) is 1.42. The van der Waals surface area contributed by atoms with Crippen molar-refractivity contribution in [1.82, 2.24) is 9.62 Å². The van der Waals surface area contributed by atoms with Crippen LogP contribution in [0.2, 0.25) is 0 Å². The van der Waals surface area contributed by atoms with Crippen molar-refractivity contribution >= 4 is 15.9 Å². The molecule has 142 valence electrons. The van der Waals surface area contributed by atoms with Crippen LogP contribution >= 0.6 is 0 Å². The molecule has 0 radical (unpaired) electrons. The molecule has 7 heteroatoms. The minimum atomic E-state index is -3.65. The van der Waals surface area contributed by atoms with E-state index in [0.29, 0.717) is 36.2 Å². The number of carbonyl (C=O) groups is 1. The molecule has 1 heterocycles. The van der Waals surface area contributed by atoms with Crippen LogP contribution in [0.5, 0.6) is 5.75 Å². The summed E-state index contributed by atoms with van der Waals surface area (Å²) in [7, 11) is -2.15. The molecule has 6 nitrogen and oxygen atoms in total. The Kier molecular flexibility index (Phi) is 4.69. The third-order valence-corrected chi connectivity index (χ3v) is 7.64. The smallest absolute Gasteiger partial charge is 0.257 e. The number of ether oxygens (including phenoxy) is 1. The first kappa shape index (κ1) is 17.8. The summed E-state index contributed by atoms with van der Waals surface area (Å²) in [6.07, 6.45) is 6.36. The Bertz CT molecular complexity index is 802. The van der Waals surface area contributed by atoms with Gasteiger partial charge in [0.1, 0.15) is 5.75 Å². The van der Waals surface area contributed by atoms with Crippen LogP contribution in [0.15, 0.2) is 23.1 Å². The molecule has 3 atom stereocenters. The molecule has 4 rings (SSSR count). The molecule has 2 aliphatic carbocycles. The fourth-order valence-corrected chi connectivity index (χ4v) is 6.11. The molecule has 1 aliphatic heterocycles. The number of sulfonamides is 1. The highest BCUT2D eigenvalue weighted by molar-refractivity contribution is 7.89. The van der Waals surface area contributed by atoms with E-state index in [9.17, 15) is 13.2 Å². The Morgan fingerprint density at radius 2 is 1.96 bits per heavy atom. The SMILES string of the molecule is COc1ccc(S(=O)(=O)NC2CC3CCC2C3)cc1C(=O)N1CCCC1. The van der Waals surface area contributed by atoms with Crippen molar-refractivity contribution in [3.63, 3.8) is 0 Å². The summed E-state index contributed by atoms with van der Waals surface area (Å²) in [6, 6.07) is 4.60. The molecular weight excluding hydrogens is 352 g/mol. The first-order chi connectivity index (χ1) is 12.5. The topological polar surface area (TPSA) is 75.7 Å². The molecule has 3 unspecified atom stereocenters. The van der Waals surface area contributed by atoms with Gasteiger partial charge in [-0.3, -0.25) is 4.79 Å². The van der Waals surface area contributed by atoms with Crippen LogP contribution in [-0.2, 0) is 10.0 Å². The van der Waals surface area contributed by atoms with Gasteiger partial charge in [-0.1, -0.05) is 6.42 Å². The van der Waals surface area contributed by atoms with Gasteiger partial charge in [0, 0.05) is 19.1 Å². The highest BCUT2D eigenvalue weighted by atomic mass is 32.2. The van der Waals surface area contributed by atoms with E-state index in [0.717, 1.165) is 32.1 Å². The average molecular weight is 378 g/mol. The molecule has 3 aliphatic rings. The largest absolute Gasteiger partial charge is 0.496 e. The van der Waals surface area contributed by atoms with E-state index >= 15 is 0 Å². The van der Waals surface area contributed by atoms with Gasteiger partial charge in [0.05, 0.1) is 17.6 Å². The van der Waals surface area contributed by atoms with Gasteiger partial charge in [0.25, 0.3) is 5.91 Å². The van der Waals surface area contributed by atoms with Crippen LogP contribution in [0, 0.1) is 11.8 Å². The van der Waals surface area contributed by atoms with E-state index < -0.39 is 10.0 Å². The molecule has 1 amide bonds. The van der Waals surface area contributed by atoms with Gasteiger partial charge in [-0.2, -0.15) is 0 Å². The lowest BCUT2D eigenvalue weighted by atomic mass is 9.96. The predicted octanol–water partition coefficient (Wildman–Crippen LogP) is 2.40. The minimum Gasteiger partial charge on any atom is -0.496 e. The minimum absolute atomic E-state index is 0.0265. The van der Waals surface area contributed by atoms with Crippen LogP contribution in [0.4, 0.5) is 0 Å². The zero-order valence-corrected chi connectivity index (χ0v) is 15.9. The average Bonchev–Trinajstić information content (AvgIpc) is 3.38. The maximum atomic E-state index is 12.9. The van der Waals surface area contributed by atoms with E-state index in [4.69, 9.17) is 4.74 Å². The quantitative estimate of drug-likeness (QED) is 0.854. The third-order valence-electron chi connectivity index (χ3n) is 6.15. The second-order valence-electron chi connectivity index (χ2n) is 7.76. The molecule has 1 aromatic rings. The first-order valence-electron chi connectivity index (χ1n) is 9.47. The Morgan fingerprint density at radius 3 is 2.58 bits per heavy atom. The summed E-state index contributed by atoms with van der Waals surface area (Å²) >= 11 is 0. The zero-order valence-electron chi connectivity index (χ0n) is 15.1. The number of methoxy groups -OCH3 is 1. The first-order valence-corrected chi connectivity index (χ1v) is 11.0. The van der Waals surface area contributed by atoms with Gasteiger partial charge < -0.3 is 9.64 Å². The van der Waals surface area contributed by atoms with Gasteiger partial charge in [-0.25, -0.2) is 13.1 Å². The molecule has 1 N–H and O–H groups in total. The Morgan fingerprint density at radius 1 is 1.19 bits per heavy atom. The van der Waals surface area contributed by atoms with Crippen LogP contribution in [0.1, 0.15) is 48.9 Å². The van der Waals surface area contributed by atoms with Crippen LogP contribution in [-0.4, -0.2) is 45.5 Å². The maximum absolute atomic E-state index is 12.9. The zero-order chi connectivity index (χ0) is 18.3. The van der Waals surface area contributed by atoms with Gasteiger partial charge in [-0.15, -0.1) is 0 Å². The molecule has 26 heavy (non-hydrogen) atoms. The van der Waals surface area contributed by atoms with Crippen molar-refractivity contribution in [3.8, 4) is 5.75 Å². The maximum Gasteiger partial charge on any atom is 0.257 e. The second-order valence-corrected chi connectivity index (χ2v) is 9.48. The number of nitrogens with zero attached hydrogens (tertiary/aromatic N) is 1.